The number of hydrogen-bond acceptors (Lipinski definition) is 3. The second-order valence-electron chi connectivity index (χ2n) is 6.42. The fraction of sp³-hybridized carbons (Fsp3) is 0.300. The second-order valence-corrected chi connectivity index (χ2v) is 6.42. The van der Waals surface area contributed by atoms with Crippen LogP contribution in [-0.4, -0.2) is 22.9 Å². The molecule has 0 saturated heterocycles. The summed E-state index contributed by atoms with van der Waals surface area (Å²) in [6.45, 7) is 3.50. The molecule has 0 unspecified atom stereocenters. The van der Waals surface area contributed by atoms with Gasteiger partial charge in [-0.25, -0.2) is 13.6 Å². The van der Waals surface area contributed by atoms with E-state index in [-0.39, 0.29) is 5.56 Å². The minimum Gasteiger partial charge on any atom is -0.454 e. The predicted octanol–water partition coefficient (Wildman–Crippen LogP) is 4.16. The topological polar surface area (TPSA) is 48.3 Å². The van der Waals surface area contributed by atoms with E-state index in [0.717, 1.165) is 35.2 Å². The maximum atomic E-state index is 13.1. The molecule has 0 spiro atoms. The molecular formula is C20H19F2NO3. The smallest absolute Gasteiger partial charge is 0.331 e. The van der Waals surface area contributed by atoms with Gasteiger partial charge in [0.05, 0.1) is 0 Å². The molecule has 26 heavy (non-hydrogen) atoms. The van der Waals surface area contributed by atoms with Crippen LogP contribution in [-0.2, 0) is 9.53 Å². The Labute approximate surface area is 150 Å². The van der Waals surface area contributed by atoms with Gasteiger partial charge < -0.3 is 9.30 Å². The maximum Gasteiger partial charge on any atom is 0.331 e. The molecular weight excluding hydrogens is 340 g/mol. The van der Waals surface area contributed by atoms with E-state index in [4.69, 9.17) is 4.74 Å². The van der Waals surface area contributed by atoms with Gasteiger partial charge in [0.15, 0.2) is 24.0 Å². The third kappa shape index (κ3) is 3.90. The first kappa shape index (κ1) is 18.0. The van der Waals surface area contributed by atoms with Crippen LogP contribution in [0.15, 0.2) is 30.3 Å². The van der Waals surface area contributed by atoms with E-state index in [1.807, 2.05) is 19.9 Å². The summed E-state index contributed by atoms with van der Waals surface area (Å²) in [4.78, 5) is 23.7. The first-order chi connectivity index (χ1) is 12.4. The third-order valence-electron chi connectivity index (χ3n) is 4.42. The first-order valence-electron chi connectivity index (χ1n) is 8.38. The lowest BCUT2D eigenvalue weighted by Gasteiger charge is -2.06. The van der Waals surface area contributed by atoms with Crippen LogP contribution in [0.1, 0.15) is 46.2 Å². The average Bonchev–Trinajstić information content (AvgIpc) is 3.39. The van der Waals surface area contributed by atoms with E-state index in [0.29, 0.717) is 6.04 Å². The Bertz CT molecular complexity index is 895. The van der Waals surface area contributed by atoms with Crippen molar-refractivity contribution in [3.63, 3.8) is 0 Å². The molecule has 0 amide bonds. The van der Waals surface area contributed by atoms with Gasteiger partial charge in [0.2, 0.25) is 0 Å². The molecule has 4 nitrogen and oxygen atoms in total. The van der Waals surface area contributed by atoms with Crippen molar-refractivity contribution in [3.8, 4) is 0 Å². The minimum absolute atomic E-state index is 0.0475. The van der Waals surface area contributed by atoms with Crippen LogP contribution < -0.4 is 0 Å². The van der Waals surface area contributed by atoms with Crippen LogP contribution in [0.3, 0.4) is 0 Å². The molecule has 0 bridgehead atoms. The van der Waals surface area contributed by atoms with Gasteiger partial charge in [-0.3, -0.25) is 4.79 Å². The zero-order chi connectivity index (χ0) is 18.8. The summed E-state index contributed by atoms with van der Waals surface area (Å²) in [5, 5.41) is 0. The number of Topliss-reactive ketones (excluding diaryl/α,β-unsaturated/α-hetero) is 1. The zero-order valence-electron chi connectivity index (χ0n) is 14.6. The number of benzene rings is 1. The van der Waals surface area contributed by atoms with Crippen LogP contribution in [0.2, 0.25) is 0 Å². The molecule has 1 aromatic carbocycles. The van der Waals surface area contributed by atoms with Gasteiger partial charge in [0.25, 0.3) is 0 Å². The van der Waals surface area contributed by atoms with Gasteiger partial charge in [0, 0.05) is 29.1 Å². The SMILES string of the molecule is Cc1cc(/C=C/C(=O)OCC(=O)c2ccc(F)c(F)c2)c(C)n1C1CC1. The number of ether oxygens (including phenoxy) is 1. The second kappa shape index (κ2) is 7.23. The molecule has 136 valence electrons. The molecule has 2 aromatic rings. The van der Waals surface area contributed by atoms with E-state index in [2.05, 4.69) is 4.57 Å². The lowest BCUT2D eigenvalue weighted by molar-refractivity contribution is -0.136. The summed E-state index contributed by atoms with van der Waals surface area (Å²) in [5.74, 6) is -3.42. The van der Waals surface area contributed by atoms with Crippen molar-refractivity contribution < 1.29 is 23.1 Å². The van der Waals surface area contributed by atoms with E-state index >= 15 is 0 Å². The number of aromatic nitrogens is 1. The van der Waals surface area contributed by atoms with Crippen molar-refractivity contribution >= 4 is 17.8 Å². The predicted molar refractivity (Wildman–Crippen MR) is 92.9 cm³/mol. The van der Waals surface area contributed by atoms with Gasteiger partial charge in [-0.05, 0) is 62.6 Å². The molecule has 1 aliphatic carbocycles. The lowest BCUT2D eigenvalue weighted by Crippen LogP contribution is -2.13. The molecule has 1 aromatic heterocycles. The summed E-state index contributed by atoms with van der Waals surface area (Å²) in [7, 11) is 0. The Morgan fingerprint density at radius 1 is 1.19 bits per heavy atom. The van der Waals surface area contributed by atoms with Crippen molar-refractivity contribution in [2.24, 2.45) is 0 Å². The number of halogens is 2. The Morgan fingerprint density at radius 2 is 1.92 bits per heavy atom. The van der Waals surface area contributed by atoms with Crippen molar-refractivity contribution in [1.29, 1.82) is 0 Å². The van der Waals surface area contributed by atoms with Crippen molar-refractivity contribution in [3.05, 3.63) is 64.5 Å². The van der Waals surface area contributed by atoms with Gasteiger partial charge in [-0.2, -0.15) is 0 Å². The van der Waals surface area contributed by atoms with Gasteiger partial charge >= 0.3 is 5.97 Å². The summed E-state index contributed by atoms with van der Waals surface area (Å²) in [6, 6.07) is 5.35. The molecule has 1 saturated carbocycles. The van der Waals surface area contributed by atoms with Crippen molar-refractivity contribution in [2.75, 3.05) is 6.61 Å². The first-order valence-corrected chi connectivity index (χ1v) is 8.38. The summed E-state index contributed by atoms with van der Waals surface area (Å²) in [6.07, 6.45) is 5.27. The van der Waals surface area contributed by atoms with E-state index < -0.39 is 30.0 Å². The summed E-state index contributed by atoms with van der Waals surface area (Å²) in [5.41, 5.74) is 3.12. The highest BCUT2D eigenvalue weighted by Gasteiger charge is 2.26. The number of carbonyl (C=O) groups excluding carboxylic acids is 2. The number of nitrogens with zero attached hydrogens (tertiary/aromatic N) is 1. The molecule has 1 fully saturated rings. The highest BCUT2D eigenvalue weighted by molar-refractivity contribution is 5.98. The zero-order valence-corrected chi connectivity index (χ0v) is 14.6. The van der Waals surface area contributed by atoms with Gasteiger partial charge in [-0.1, -0.05) is 0 Å². The van der Waals surface area contributed by atoms with E-state index in [1.165, 1.54) is 18.9 Å². The largest absolute Gasteiger partial charge is 0.454 e. The molecule has 1 heterocycles. The number of hydrogen-bond donors (Lipinski definition) is 0. The van der Waals surface area contributed by atoms with Gasteiger partial charge in [-0.15, -0.1) is 0 Å². The molecule has 0 atom stereocenters. The highest BCUT2D eigenvalue weighted by Crippen LogP contribution is 2.38. The number of carbonyl (C=O) groups is 2. The van der Waals surface area contributed by atoms with E-state index in [9.17, 15) is 18.4 Å². The molecule has 0 aliphatic heterocycles. The Kier molecular flexibility index (Phi) is 5.02. The maximum absolute atomic E-state index is 13.1. The lowest BCUT2D eigenvalue weighted by atomic mass is 10.1. The number of esters is 1. The average molecular weight is 359 g/mol. The van der Waals surface area contributed by atoms with Gasteiger partial charge in [0.1, 0.15) is 0 Å². The fourth-order valence-corrected chi connectivity index (χ4v) is 2.96. The normalized spacial score (nSPS) is 14.0. The highest BCUT2D eigenvalue weighted by atomic mass is 19.2. The summed E-state index contributed by atoms with van der Waals surface area (Å²) < 4.78 is 33.2. The third-order valence-corrected chi connectivity index (χ3v) is 4.42. The van der Waals surface area contributed by atoms with Crippen molar-refractivity contribution in [1.82, 2.24) is 4.57 Å². The monoisotopic (exact) mass is 359 g/mol. The standard InChI is InChI=1S/C20H19F2NO3/c1-12-9-14(13(2)23(12)16-5-6-16)4-8-20(25)26-11-19(24)15-3-7-17(21)18(22)10-15/h3-4,7-10,16H,5-6,11H2,1-2H3/b8-4+. The molecule has 6 heteroatoms. The Morgan fingerprint density at radius 3 is 2.58 bits per heavy atom. The Balaban J connectivity index is 1.58. The fourth-order valence-electron chi connectivity index (χ4n) is 2.96. The van der Waals surface area contributed by atoms with Crippen LogP contribution in [0, 0.1) is 25.5 Å². The quantitative estimate of drug-likeness (QED) is 0.442. The number of ketones is 1. The molecule has 1 aliphatic rings. The van der Waals surface area contributed by atoms with Crippen LogP contribution in [0.5, 0.6) is 0 Å². The van der Waals surface area contributed by atoms with E-state index in [1.54, 1.807) is 6.08 Å². The van der Waals surface area contributed by atoms with Crippen LogP contribution >= 0.6 is 0 Å². The van der Waals surface area contributed by atoms with Crippen molar-refractivity contribution in [2.45, 2.75) is 32.7 Å². The molecule has 0 radical (unpaired) electrons. The summed E-state index contributed by atoms with van der Waals surface area (Å²) >= 11 is 0. The van der Waals surface area contributed by atoms with Crippen LogP contribution in [0.25, 0.3) is 6.08 Å². The molecule has 3 rings (SSSR count). The molecule has 0 N–H and O–H groups in total. The van der Waals surface area contributed by atoms with Crippen LogP contribution in [0.4, 0.5) is 8.78 Å². The minimum atomic E-state index is -1.12. The number of aryl methyl sites for hydroxylation is 1. The number of rotatable bonds is 6. The Hall–Kier alpha value is -2.76.